The molecule has 3 aromatic carbocycles. The van der Waals surface area contributed by atoms with Crippen molar-refractivity contribution in [2.45, 2.75) is 19.6 Å². The number of non-ortho nitro benzene ring substituents is 1. The van der Waals surface area contributed by atoms with Gasteiger partial charge in [-0.3, -0.25) is 10.1 Å². The first-order valence-corrected chi connectivity index (χ1v) is 11.1. The summed E-state index contributed by atoms with van der Waals surface area (Å²) in [5.74, 6) is 0.406. The Balaban J connectivity index is 1.40. The van der Waals surface area contributed by atoms with Crippen LogP contribution in [0.3, 0.4) is 0 Å². The summed E-state index contributed by atoms with van der Waals surface area (Å²) in [5, 5.41) is 14.1. The quantitative estimate of drug-likeness (QED) is 0.226. The van der Waals surface area contributed by atoms with Gasteiger partial charge in [-0.2, -0.15) is 4.98 Å². The van der Waals surface area contributed by atoms with E-state index < -0.39 is 4.92 Å². The summed E-state index contributed by atoms with van der Waals surface area (Å²) >= 11 is 0. The molecule has 35 heavy (non-hydrogen) atoms. The lowest BCUT2D eigenvalue weighted by molar-refractivity contribution is -0.384. The van der Waals surface area contributed by atoms with Gasteiger partial charge < -0.3 is 21.5 Å². The van der Waals surface area contributed by atoms with E-state index in [4.69, 9.17) is 16.2 Å². The van der Waals surface area contributed by atoms with E-state index >= 15 is 0 Å². The topological polar surface area (TPSA) is 142 Å². The summed E-state index contributed by atoms with van der Waals surface area (Å²) in [6.07, 6.45) is 0.737. The van der Waals surface area contributed by atoms with Crippen LogP contribution in [0.5, 0.6) is 0 Å². The van der Waals surface area contributed by atoms with Gasteiger partial charge in [0.1, 0.15) is 5.82 Å². The number of nitro groups is 1. The van der Waals surface area contributed by atoms with E-state index in [1.165, 1.54) is 12.1 Å². The number of nitrogens with one attached hydrogen (secondary N) is 1. The number of benzene rings is 3. The molecule has 0 atom stereocenters. The Morgan fingerprint density at radius 2 is 1.57 bits per heavy atom. The summed E-state index contributed by atoms with van der Waals surface area (Å²) in [6.45, 7) is 1.38. The SMILES string of the molecule is Nc1nc(N)c(-c2ccc(NCCc3ccc([N+](=O)[O-])cc3)cc2)c(COCc2ccccc2)n1. The summed E-state index contributed by atoms with van der Waals surface area (Å²) < 4.78 is 5.87. The molecular weight excluding hydrogens is 444 g/mol. The second kappa shape index (κ2) is 11.1. The first kappa shape index (κ1) is 23.7. The van der Waals surface area contributed by atoms with E-state index in [1.807, 2.05) is 54.6 Å². The Bertz CT molecular complexity index is 1280. The van der Waals surface area contributed by atoms with Gasteiger partial charge in [0.05, 0.1) is 23.8 Å². The van der Waals surface area contributed by atoms with Crippen molar-refractivity contribution in [2.75, 3.05) is 23.3 Å². The van der Waals surface area contributed by atoms with Crippen LogP contribution in [0.15, 0.2) is 78.9 Å². The number of nitrogens with two attached hydrogens (primary N) is 2. The summed E-state index contributed by atoms with van der Waals surface area (Å²) in [4.78, 5) is 18.9. The van der Waals surface area contributed by atoms with Gasteiger partial charge in [0.2, 0.25) is 5.95 Å². The van der Waals surface area contributed by atoms with Crippen LogP contribution in [0.2, 0.25) is 0 Å². The van der Waals surface area contributed by atoms with Crippen molar-refractivity contribution in [3.05, 3.63) is 106 Å². The third-order valence-corrected chi connectivity index (χ3v) is 5.44. The number of ether oxygens (including phenoxy) is 1. The van der Waals surface area contributed by atoms with E-state index in [-0.39, 0.29) is 18.2 Å². The minimum absolute atomic E-state index is 0.0908. The number of aromatic nitrogens is 2. The van der Waals surface area contributed by atoms with E-state index in [2.05, 4.69) is 15.3 Å². The molecule has 5 N–H and O–H groups in total. The standard InChI is InChI=1S/C26H26N6O3/c27-25-24(23(30-26(28)31-25)17-35-16-19-4-2-1-3-5-19)20-8-10-21(11-9-20)29-15-14-18-6-12-22(13-7-18)32(33)34/h1-13,29H,14-17H2,(H4,27,28,30,31). The molecule has 0 amide bonds. The monoisotopic (exact) mass is 470 g/mol. The molecule has 1 aromatic heterocycles. The van der Waals surface area contributed by atoms with Crippen LogP contribution in [-0.2, 0) is 24.4 Å². The van der Waals surface area contributed by atoms with Gasteiger partial charge in [-0.1, -0.05) is 54.6 Å². The lowest BCUT2D eigenvalue weighted by Gasteiger charge is -2.13. The van der Waals surface area contributed by atoms with E-state index in [1.54, 1.807) is 12.1 Å². The fourth-order valence-electron chi connectivity index (χ4n) is 3.70. The van der Waals surface area contributed by atoms with Crippen molar-refractivity contribution >= 4 is 23.1 Å². The molecule has 0 bridgehead atoms. The first-order chi connectivity index (χ1) is 17.0. The van der Waals surface area contributed by atoms with Gasteiger partial charge in [0, 0.05) is 29.9 Å². The number of hydrogen-bond acceptors (Lipinski definition) is 8. The molecule has 0 spiro atoms. The predicted octanol–water partition coefficient (Wildman–Crippen LogP) is 4.59. The average molecular weight is 471 g/mol. The molecule has 0 aliphatic rings. The molecule has 1 heterocycles. The number of rotatable bonds is 10. The molecule has 178 valence electrons. The lowest BCUT2D eigenvalue weighted by atomic mass is 10.0. The summed E-state index contributed by atoms with van der Waals surface area (Å²) in [7, 11) is 0. The molecule has 4 rings (SSSR count). The Kier molecular flexibility index (Phi) is 7.49. The average Bonchev–Trinajstić information content (AvgIpc) is 2.85. The van der Waals surface area contributed by atoms with Crippen LogP contribution in [0.4, 0.5) is 23.1 Å². The number of nitrogens with zero attached hydrogens (tertiary/aromatic N) is 3. The maximum absolute atomic E-state index is 10.8. The van der Waals surface area contributed by atoms with Crippen LogP contribution >= 0.6 is 0 Å². The van der Waals surface area contributed by atoms with E-state index in [0.29, 0.717) is 30.2 Å². The maximum atomic E-state index is 10.8. The molecule has 0 saturated heterocycles. The lowest BCUT2D eigenvalue weighted by Crippen LogP contribution is -2.08. The largest absolute Gasteiger partial charge is 0.385 e. The second-order valence-electron chi connectivity index (χ2n) is 7.94. The molecule has 0 radical (unpaired) electrons. The van der Waals surface area contributed by atoms with Crippen LogP contribution in [-0.4, -0.2) is 21.4 Å². The Hall–Kier alpha value is -4.50. The number of anilines is 3. The Morgan fingerprint density at radius 3 is 2.26 bits per heavy atom. The van der Waals surface area contributed by atoms with Crippen molar-refractivity contribution in [3.8, 4) is 11.1 Å². The third kappa shape index (κ3) is 6.30. The zero-order chi connectivity index (χ0) is 24.6. The van der Waals surface area contributed by atoms with Gasteiger partial charge in [0.25, 0.3) is 5.69 Å². The minimum Gasteiger partial charge on any atom is -0.385 e. The van der Waals surface area contributed by atoms with Gasteiger partial charge >= 0.3 is 0 Å². The van der Waals surface area contributed by atoms with Crippen molar-refractivity contribution in [3.63, 3.8) is 0 Å². The fourth-order valence-corrected chi connectivity index (χ4v) is 3.70. The normalized spacial score (nSPS) is 10.7. The number of nitro benzene ring substituents is 1. The van der Waals surface area contributed by atoms with Crippen LogP contribution in [0, 0.1) is 10.1 Å². The highest BCUT2D eigenvalue weighted by atomic mass is 16.6. The fraction of sp³-hybridized carbons (Fsp3) is 0.154. The molecule has 0 aliphatic heterocycles. The highest BCUT2D eigenvalue weighted by Gasteiger charge is 2.14. The molecule has 0 unspecified atom stereocenters. The van der Waals surface area contributed by atoms with Crippen molar-refractivity contribution in [1.29, 1.82) is 0 Å². The smallest absolute Gasteiger partial charge is 0.269 e. The molecule has 0 fully saturated rings. The van der Waals surface area contributed by atoms with Crippen molar-refractivity contribution < 1.29 is 9.66 Å². The zero-order valence-corrected chi connectivity index (χ0v) is 19.1. The number of nitrogen functional groups attached to an aromatic ring is 2. The van der Waals surface area contributed by atoms with Gasteiger partial charge in [-0.15, -0.1) is 0 Å². The van der Waals surface area contributed by atoms with E-state index in [0.717, 1.165) is 28.8 Å². The molecule has 9 nitrogen and oxygen atoms in total. The molecule has 0 saturated carbocycles. The molecular formula is C26H26N6O3. The van der Waals surface area contributed by atoms with Crippen LogP contribution in [0.1, 0.15) is 16.8 Å². The van der Waals surface area contributed by atoms with Gasteiger partial charge in [-0.05, 0) is 35.2 Å². The van der Waals surface area contributed by atoms with Crippen LogP contribution in [0.25, 0.3) is 11.1 Å². The summed E-state index contributed by atoms with van der Waals surface area (Å²) in [5.41, 5.74) is 17.3. The minimum atomic E-state index is -0.400. The second-order valence-corrected chi connectivity index (χ2v) is 7.94. The molecule has 9 heteroatoms. The maximum Gasteiger partial charge on any atom is 0.269 e. The predicted molar refractivity (Wildman–Crippen MR) is 137 cm³/mol. The Morgan fingerprint density at radius 1 is 0.857 bits per heavy atom. The molecule has 4 aromatic rings. The molecule has 0 aliphatic carbocycles. The first-order valence-electron chi connectivity index (χ1n) is 11.1. The highest BCUT2D eigenvalue weighted by molar-refractivity contribution is 5.77. The van der Waals surface area contributed by atoms with Gasteiger partial charge in [-0.25, -0.2) is 4.98 Å². The van der Waals surface area contributed by atoms with E-state index in [9.17, 15) is 10.1 Å². The highest BCUT2D eigenvalue weighted by Crippen LogP contribution is 2.30. The number of hydrogen-bond donors (Lipinski definition) is 3. The third-order valence-electron chi connectivity index (χ3n) is 5.44. The van der Waals surface area contributed by atoms with Gasteiger partial charge in [0.15, 0.2) is 0 Å². The van der Waals surface area contributed by atoms with Crippen LogP contribution < -0.4 is 16.8 Å². The summed E-state index contributed by atoms with van der Waals surface area (Å²) in [6, 6.07) is 24.3. The van der Waals surface area contributed by atoms with Crippen molar-refractivity contribution in [1.82, 2.24) is 9.97 Å². The zero-order valence-electron chi connectivity index (χ0n) is 19.1. The Labute approximate surface area is 202 Å². The van der Waals surface area contributed by atoms with Crippen molar-refractivity contribution in [2.24, 2.45) is 0 Å².